The maximum Gasteiger partial charge on any atom is 0.338 e. The Bertz CT molecular complexity index is 1140. The van der Waals surface area contributed by atoms with Crippen LogP contribution in [-0.2, 0) is 25.4 Å². The van der Waals surface area contributed by atoms with Crippen LogP contribution in [0.15, 0.2) is 46.1 Å². The lowest BCUT2D eigenvalue weighted by atomic mass is 10.2. The highest BCUT2D eigenvalue weighted by atomic mass is 16.5. The fraction of sp³-hybridized carbons (Fsp3) is 0.263. The van der Waals surface area contributed by atoms with Gasteiger partial charge in [0.05, 0.1) is 24.0 Å². The summed E-state index contributed by atoms with van der Waals surface area (Å²) in [5.74, 6) is -0.336. The number of hydrogen-bond donors (Lipinski definition) is 1. The lowest BCUT2D eigenvalue weighted by Gasteiger charge is -2.14. The molecular weight excluding hydrogens is 364 g/mol. The summed E-state index contributed by atoms with van der Waals surface area (Å²) < 4.78 is 8.84. The normalized spacial score (nSPS) is 10.8. The van der Waals surface area contributed by atoms with Gasteiger partial charge in [0, 0.05) is 14.1 Å². The van der Waals surface area contributed by atoms with Crippen molar-refractivity contribution in [2.75, 3.05) is 6.61 Å². The van der Waals surface area contributed by atoms with Crippen molar-refractivity contribution in [3.63, 3.8) is 0 Å². The van der Waals surface area contributed by atoms with E-state index in [9.17, 15) is 19.5 Å². The van der Waals surface area contributed by atoms with E-state index in [1.165, 1.54) is 20.3 Å². The van der Waals surface area contributed by atoms with Crippen molar-refractivity contribution in [2.24, 2.45) is 14.1 Å². The van der Waals surface area contributed by atoms with Crippen molar-refractivity contribution in [1.82, 2.24) is 18.7 Å². The molecule has 0 unspecified atom stereocenters. The summed E-state index contributed by atoms with van der Waals surface area (Å²) >= 11 is 0. The molecule has 2 heterocycles. The highest BCUT2D eigenvalue weighted by molar-refractivity contribution is 5.89. The van der Waals surface area contributed by atoms with Crippen molar-refractivity contribution < 1.29 is 14.6 Å². The summed E-state index contributed by atoms with van der Waals surface area (Å²) in [5.41, 5.74) is -0.537. The summed E-state index contributed by atoms with van der Waals surface area (Å²) in [6, 6.07) is 8.60. The smallest absolute Gasteiger partial charge is 0.338 e. The molecule has 3 rings (SSSR count). The van der Waals surface area contributed by atoms with Gasteiger partial charge in [-0.1, -0.05) is 18.2 Å². The number of hydrogen-bond acceptors (Lipinski definition) is 6. The maximum absolute atomic E-state index is 12.6. The number of imidazole rings is 1. The first-order valence-electron chi connectivity index (χ1n) is 8.56. The Balaban J connectivity index is 1.89. The van der Waals surface area contributed by atoms with Gasteiger partial charge in [-0.2, -0.15) is 0 Å². The van der Waals surface area contributed by atoms with E-state index in [-0.39, 0.29) is 18.7 Å². The number of esters is 1. The van der Waals surface area contributed by atoms with Gasteiger partial charge in [0.25, 0.3) is 5.56 Å². The van der Waals surface area contributed by atoms with Crippen LogP contribution in [0, 0.1) is 6.92 Å². The predicted molar refractivity (Wildman–Crippen MR) is 101 cm³/mol. The zero-order valence-corrected chi connectivity index (χ0v) is 15.7. The standard InChI is InChI=1S/C19H20N4O5/c1-12-20-11-14(15-16(24)21(2)19(27)22(3)17(15)25)23(12)9-10-28-18(26)13-7-5-4-6-8-13/h4-8,11,24H,9-10H2,1-3H3. The van der Waals surface area contributed by atoms with Gasteiger partial charge in [-0.05, 0) is 19.1 Å². The fourth-order valence-electron chi connectivity index (χ4n) is 2.89. The molecule has 0 saturated carbocycles. The molecule has 0 fully saturated rings. The average Bonchev–Trinajstić information content (AvgIpc) is 3.06. The first-order chi connectivity index (χ1) is 13.3. The lowest BCUT2D eigenvalue weighted by molar-refractivity contribution is 0.0491. The van der Waals surface area contributed by atoms with Crippen LogP contribution in [0.25, 0.3) is 11.3 Å². The summed E-state index contributed by atoms with van der Waals surface area (Å²) in [6.45, 7) is 2.00. The molecule has 1 aromatic carbocycles. The third kappa shape index (κ3) is 3.34. The summed E-state index contributed by atoms with van der Waals surface area (Å²) in [6.07, 6.45) is 1.44. The Kier molecular flexibility index (Phi) is 5.16. The van der Waals surface area contributed by atoms with Crippen molar-refractivity contribution in [3.8, 4) is 17.1 Å². The van der Waals surface area contributed by atoms with E-state index in [0.29, 0.717) is 17.1 Å². The van der Waals surface area contributed by atoms with Gasteiger partial charge >= 0.3 is 11.7 Å². The molecule has 0 saturated heterocycles. The maximum atomic E-state index is 12.6. The number of aryl methyl sites for hydroxylation is 1. The lowest BCUT2D eigenvalue weighted by Crippen LogP contribution is -2.37. The van der Waals surface area contributed by atoms with E-state index in [1.807, 2.05) is 0 Å². The number of ether oxygens (including phenoxy) is 1. The van der Waals surface area contributed by atoms with Crippen LogP contribution in [-0.4, -0.2) is 36.4 Å². The minimum absolute atomic E-state index is 0.0421. The molecule has 1 N–H and O–H groups in total. The number of carbonyl (C=O) groups excluding carboxylic acids is 1. The molecule has 0 radical (unpaired) electrons. The Hall–Kier alpha value is -3.62. The van der Waals surface area contributed by atoms with E-state index in [4.69, 9.17) is 4.74 Å². The molecule has 9 nitrogen and oxygen atoms in total. The van der Waals surface area contributed by atoms with Crippen LogP contribution in [0.4, 0.5) is 0 Å². The van der Waals surface area contributed by atoms with Crippen molar-refractivity contribution >= 4 is 5.97 Å². The monoisotopic (exact) mass is 384 g/mol. The summed E-state index contributed by atoms with van der Waals surface area (Å²) in [7, 11) is 2.71. The van der Waals surface area contributed by atoms with Gasteiger partial charge in [-0.3, -0.25) is 13.9 Å². The van der Waals surface area contributed by atoms with E-state index >= 15 is 0 Å². The highest BCUT2D eigenvalue weighted by Crippen LogP contribution is 2.24. The van der Waals surface area contributed by atoms with Gasteiger partial charge in [0.15, 0.2) is 0 Å². The molecule has 0 aliphatic carbocycles. The molecule has 0 atom stereocenters. The van der Waals surface area contributed by atoms with Crippen molar-refractivity contribution in [1.29, 1.82) is 0 Å². The van der Waals surface area contributed by atoms with Gasteiger partial charge in [0.2, 0.25) is 5.88 Å². The van der Waals surface area contributed by atoms with Crippen LogP contribution in [0.3, 0.4) is 0 Å². The number of aromatic hydroxyl groups is 1. The Morgan fingerprint density at radius 2 is 1.82 bits per heavy atom. The SMILES string of the molecule is Cc1ncc(-c2c(O)n(C)c(=O)n(C)c2=O)n1CCOC(=O)c1ccccc1. The number of benzene rings is 1. The zero-order chi connectivity index (χ0) is 20.4. The van der Waals surface area contributed by atoms with E-state index in [1.54, 1.807) is 41.8 Å². The Morgan fingerprint density at radius 3 is 2.50 bits per heavy atom. The van der Waals surface area contributed by atoms with Gasteiger partial charge in [0.1, 0.15) is 18.0 Å². The summed E-state index contributed by atoms with van der Waals surface area (Å²) in [5, 5.41) is 10.4. The second kappa shape index (κ2) is 7.55. The van der Waals surface area contributed by atoms with Crippen LogP contribution in [0.5, 0.6) is 5.88 Å². The second-order valence-corrected chi connectivity index (χ2v) is 6.25. The van der Waals surface area contributed by atoms with E-state index in [2.05, 4.69) is 4.98 Å². The number of rotatable bonds is 5. The zero-order valence-electron chi connectivity index (χ0n) is 15.7. The van der Waals surface area contributed by atoms with Gasteiger partial charge in [-0.25, -0.2) is 14.6 Å². The minimum Gasteiger partial charge on any atom is -0.494 e. The van der Waals surface area contributed by atoms with Crippen LogP contribution >= 0.6 is 0 Å². The van der Waals surface area contributed by atoms with Crippen LogP contribution in [0.2, 0.25) is 0 Å². The Labute approximate surface area is 160 Å². The first kappa shape index (κ1) is 19.2. The quantitative estimate of drug-likeness (QED) is 0.653. The molecule has 0 bridgehead atoms. The molecule has 28 heavy (non-hydrogen) atoms. The number of aromatic nitrogens is 4. The molecule has 2 aromatic heterocycles. The third-order valence-corrected chi connectivity index (χ3v) is 4.50. The molecule has 0 aliphatic heterocycles. The van der Waals surface area contributed by atoms with Crippen LogP contribution < -0.4 is 11.2 Å². The number of carbonyl (C=O) groups is 1. The van der Waals surface area contributed by atoms with Gasteiger partial charge < -0.3 is 14.4 Å². The fourth-order valence-corrected chi connectivity index (χ4v) is 2.89. The van der Waals surface area contributed by atoms with Gasteiger partial charge in [-0.15, -0.1) is 0 Å². The average molecular weight is 384 g/mol. The Morgan fingerprint density at radius 1 is 1.14 bits per heavy atom. The second-order valence-electron chi connectivity index (χ2n) is 6.25. The van der Waals surface area contributed by atoms with Crippen LogP contribution in [0.1, 0.15) is 16.2 Å². The molecule has 0 amide bonds. The van der Waals surface area contributed by atoms with E-state index < -0.39 is 23.1 Å². The van der Waals surface area contributed by atoms with Crippen molar-refractivity contribution in [3.05, 3.63) is 68.8 Å². The molecule has 3 aromatic rings. The molecular formula is C19H20N4O5. The molecule has 0 aliphatic rings. The first-order valence-corrected chi connectivity index (χ1v) is 8.56. The third-order valence-electron chi connectivity index (χ3n) is 4.50. The predicted octanol–water partition coefficient (Wildman–Crippen LogP) is 0.819. The molecule has 146 valence electrons. The highest BCUT2D eigenvalue weighted by Gasteiger charge is 2.21. The molecule has 9 heteroatoms. The topological polar surface area (TPSA) is 108 Å². The summed E-state index contributed by atoms with van der Waals surface area (Å²) in [4.78, 5) is 40.8. The largest absolute Gasteiger partial charge is 0.494 e. The number of nitrogens with zero attached hydrogens (tertiary/aromatic N) is 4. The minimum atomic E-state index is -0.636. The van der Waals surface area contributed by atoms with Crippen molar-refractivity contribution in [2.45, 2.75) is 13.5 Å². The van der Waals surface area contributed by atoms with E-state index in [0.717, 1.165) is 9.13 Å². The molecule has 0 spiro atoms.